The van der Waals surface area contributed by atoms with E-state index in [-0.39, 0.29) is 0 Å². The highest BCUT2D eigenvalue weighted by molar-refractivity contribution is 5.41. The van der Waals surface area contributed by atoms with Crippen LogP contribution < -0.4 is 10.1 Å². The van der Waals surface area contributed by atoms with Gasteiger partial charge in [-0.05, 0) is 13.8 Å². The van der Waals surface area contributed by atoms with Crippen molar-refractivity contribution in [3.63, 3.8) is 0 Å². The number of rotatable bonds is 6. The third-order valence-electron chi connectivity index (χ3n) is 3.34. The van der Waals surface area contributed by atoms with Crippen LogP contribution in [0.15, 0.2) is 12.4 Å². The Kier molecular flexibility index (Phi) is 4.90. The zero-order valence-electron chi connectivity index (χ0n) is 13.3. The summed E-state index contributed by atoms with van der Waals surface area (Å²) >= 11 is 0. The zero-order chi connectivity index (χ0) is 15.4. The molecule has 0 fully saturated rings. The highest BCUT2D eigenvalue weighted by atomic mass is 16.5. The van der Waals surface area contributed by atoms with Crippen LogP contribution in [0.2, 0.25) is 0 Å². The zero-order valence-corrected chi connectivity index (χ0v) is 13.3. The molecule has 1 N–H and O–H groups in total. The van der Waals surface area contributed by atoms with Crippen molar-refractivity contribution in [3.05, 3.63) is 34.9 Å². The van der Waals surface area contributed by atoms with Crippen molar-refractivity contribution in [1.82, 2.24) is 25.3 Å². The van der Waals surface area contributed by atoms with E-state index in [0.29, 0.717) is 12.6 Å². The third kappa shape index (κ3) is 3.78. The van der Waals surface area contributed by atoms with Crippen molar-refractivity contribution in [2.75, 3.05) is 7.11 Å². The van der Waals surface area contributed by atoms with Gasteiger partial charge in [0.05, 0.1) is 31.2 Å². The normalized spacial score (nSPS) is 11.1. The van der Waals surface area contributed by atoms with Gasteiger partial charge in [-0.3, -0.25) is 4.98 Å². The molecular formula is C15H23N5O. The van der Waals surface area contributed by atoms with E-state index >= 15 is 0 Å². The number of nitrogens with zero attached hydrogens (tertiary/aromatic N) is 4. The second kappa shape index (κ2) is 6.67. The number of nitrogens with one attached hydrogen (secondary N) is 1. The van der Waals surface area contributed by atoms with Crippen molar-refractivity contribution in [3.8, 4) is 5.75 Å². The maximum Gasteiger partial charge on any atom is 0.128 e. The molecule has 0 unspecified atom stereocenters. The summed E-state index contributed by atoms with van der Waals surface area (Å²) in [5, 5.41) is 11.6. The van der Waals surface area contributed by atoms with E-state index in [1.807, 2.05) is 26.2 Å². The molecule has 0 spiro atoms. The Bertz CT molecular complexity index is 606. The van der Waals surface area contributed by atoms with E-state index in [1.54, 1.807) is 11.8 Å². The molecule has 0 amide bonds. The average Bonchev–Trinajstić information content (AvgIpc) is 2.88. The van der Waals surface area contributed by atoms with Crippen LogP contribution in [0.4, 0.5) is 0 Å². The van der Waals surface area contributed by atoms with Gasteiger partial charge in [0.25, 0.3) is 0 Å². The third-order valence-corrected chi connectivity index (χ3v) is 3.34. The highest BCUT2D eigenvalue weighted by Gasteiger charge is 2.11. The first-order valence-electron chi connectivity index (χ1n) is 7.12. The van der Waals surface area contributed by atoms with Gasteiger partial charge >= 0.3 is 0 Å². The quantitative estimate of drug-likeness (QED) is 0.879. The summed E-state index contributed by atoms with van der Waals surface area (Å²) in [4.78, 5) is 4.48. The van der Waals surface area contributed by atoms with Crippen LogP contribution in [0.25, 0.3) is 0 Å². The first kappa shape index (κ1) is 15.4. The summed E-state index contributed by atoms with van der Waals surface area (Å²) < 4.78 is 7.24. The van der Waals surface area contributed by atoms with E-state index in [0.717, 1.165) is 34.8 Å². The van der Waals surface area contributed by atoms with Crippen LogP contribution in [-0.2, 0) is 13.1 Å². The summed E-state index contributed by atoms with van der Waals surface area (Å²) in [7, 11) is 1.68. The van der Waals surface area contributed by atoms with Gasteiger partial charge in [0.1, 0.15) is 5.75 Å². The molecule has 0 saturated heterocycles. The van der Waals surface area contributed by atoms with Crippen molar-refractivity contribution in [2.45, 2.75) is 46.8 Å². The molecule has 0 radical (unpaired) electrons. The number of ether oxygens (including phenoxy) is 1. The first-order chi connectivity index (χ1) is 10.0. The number of hydrogen-bond donors (Lipinski definition) is 1. The van der Waals surface area contributed by atoms with Crippen LogP contribution in [0, 0.1) is 13.8 Å². The fourth-order valence-corrected chi connectivity index (χ4v) is 2.19. The van der Waals surface area contributed by atoms with Crippen molar-refractivity contribution in [1.29, 1.82) is 0 Å². The number of hydrogen-bond acceptors (Lipinski definition) is 5. The summed E-state index contributed by atoms with van der Waals surface area (Å²) in [6.07, 6.45) is 3.78. The summed E-state index contributed by atoms with van der Waals surface area (Å²) in [6.45, 7) is 9.55. The molecule has 0 aliphatic rings. The molecule has 114 valence electrons. The number of pyridine rings is 1. The molecule has 0 aliphatic carbocycles. The predicted molar refractivity (Wildman–Crippen MR) is 81.4 cm³/mol. The Morgan fingerprint density at radius 3 is 2.76 bits per heavy atom. The second-order valence-electron chi connectivity index (χ2n) is 5.49. The predicted octanol–water partition coefficient (Wildman–Crippen LogP) is 1.84. The van der Waals surface area contributed by atoms with Crippen molar-refractivity contribution in [2.24, 2.45) is 0 Å². The molecular weight excluding hydrogens is 266 g/mol. The van der Waals surface area contributed by atoms with Crippen LogP contribution in [0.3, 0.4) is 0 Å². The topological polar surface area (TPSA) is 64.9 Å². The molecule has 2 aromatic rings. The molecule has 6 nitrogen and oxygen atoms in total. The van der Waals surface area contributed by atoms with E-state index in [4.69, 9.17) is 4.74 Å². The maximum atomic E-state index is 5.43. The van der Waals surface area contributed by atoms with Crippen LogP contribution in [0.5, 0.6) is 5.75 Å². The summed E-state index contributed by atoms with van der Waals surface area (Å²) in [5.74, 6) is 0.891. The standard InChI is InChI=1S/C15H23N5O/c1-10(2)16-7-13-8-20(19-18-13)9-14-12(4)15(21-5)11(3)6-17-14/h6,8,10,16H,7,9H2,1-5H3. The van der Waals surface area contributed by atoms with Gasteiger partial charge in [0.2, 0.25) is 0 Å². The van der Waals surface area contributed by atoms with Gasteiger partial charge in [-0.25, -0.2) is 4.68 Å². The fraction of sp³-hybridized carbons (Fsp3) is 0.533. The minimum absolute atomic E-state index is 0.431. The molecule has 0 aliphatic heterocycles. The number of aryl methyl sites for hydroxylation is 1. The lowest BCUT2D eigenvalue weighted by atomic mass is 10.1. The van der Waals surface area contributed by atoms with Gasteiger partial charge in [-0.1, -0.05) is 19.1 Å². The van der Waals surface area contributed by atoms with Crippen LogP contribution >= 0.6 is 0 Å². The van der Waals surface area contributed by atoms with Crippen LogP contribution in [-0.4, -0.2) is 33.1 Å². The molecule has 2 heterocycles. The lowest BCUT2D eigenvalue weighted by Gasteiger charge is -2.11. The van der Waals surface area contributed by atoms with E-state index in [2.05, 4.69) is 34.5 Å². The minimum atomic E-state index is 0.431. The van der Waals surface area contributed by atoms with Crippen LogP contribution in [0.1, 0.15) is 36.4 Å². The highest BCUT2D eigenvalue weighted by Crippen LogP contribution is 2.24. The molecule has 0 atom stereocenters. The molecule has 0 bridgehead atoms. The largest absolute Gasteiger partial charge is 0.496 e. The Morgan fingerprint density at radius 1 is 1.33 bits per heavy atom. The fourth-order valence-electron chi connectivity index (χ4n) is 2.19. The molecule has 2 aromatic heterocycles. The summed E-state index contributed by atoms with van der Waals surface area (Å²) in [5.41, 5.74) is 3.97. The lowest BCUT2D eigenvalue weighted by molar-refractivity contribution is 0.406. The number of methoxy groups -OCH3 is 1. The molecule has 21 heavy (non-hydrogen) atoms. The van der Waals surface area contributed by atoms with Crippen molar-refractivity contribution < 1.29 is 4.74 Å². The lowest BCUT2D eigenvalue weighted by Crippen LogP contribution is -2.21. The van der Waals surface area contributed by atoms with Gasteiger partial charge in [0.15, 0.2) is 0 Å². The van der Waals surface area contributed by atoms with Gasteiger partial charge in [-0.2, -0.15) is 0 Å². The first-order valence-corrected chi connectivity index (χ1v) is 7.12. The van der Waals surface area contributed by atoms with Gasteiger partial charge in [0, 0.05) is 29.9 Å². The Morgan fingerprint density at radius 2 is 2.10 bits per heavy atom. The van der Waals surface area contributed by atoms with E-state index in [1.165, 1.54) is 0 Å². The average molecular weight is 289 g/mol. The molecule has 0 saturated carbocycles. The Hall–Kier alpha value is -1.95. The smallest absolute Gasteiger partial charge is 0.128 e. The maximum absolute atomic E-state index is 5.43. The van der Waals surface area contributed by atoms with Gasteiger partial charge < -0.3 is 10.1 Å². The SMILES string of the molecule is COc1c(C)cnc(Cn2cc(CNC(C)C)nn2)c1C. The van der Waals surface area contributed by atoms with E-state index < -0.39 is 0 Å². The molecule has 6 heteroatoms. The van der Waals surface area contributed by atoms with Crippen molar-refractivity contribution >= 4 is 0 Å². The van der Waals surface area contributed by atoms with E-state index in [9.17, 15) is 0 Å². The Balaban J connectivity index is 2.12. The summed E-state index contributed by atoms with van der Waals surface area (Å²) in [6, 6.07) is 0.431. The molecule has 2 rings (SSSR count). The monoisotopic (exact) mass is 289 g/mol. The van der Waals surface area contributed by atoms with Gasteiger partial charge in [-0.15, -0.1) is 5.10 Å². The second-order valence-corrected chi connectivity index (χ2v) is 5.49. The Labute approximate surface area is 125 Å². The number of aromatic nitrogens is 4. The minimum Gasteiger partial charge on any atom is -0.496 e. The molecule has 0 aromatic carbocycles.